The maximum Gasteiger partial charge on any atom is 0.218 e. The molecular formula is C15H18FN3O2. The van der Waals surface area contributed by atoms with Gasteiger partial charge in [-0.15, -0.1) is 0 Å². The predicted octanol–water partition coefficient (Wildman–Crippen LogP) is 2.30. The largest absolute Gasteiger partial charge is 0.475 e. The Kier molecular flexibility index (Phi) is 5.90. The van der Waals surface area contributed by atoms with E-state index in [0.29, 0.717) is 31.5 Å². The van der Waals surface area contributed by atoms with Crippen molar-refractivity contribution in [3.8, 4) is 5.88 Å². The maximum atomic E-state index is 12.8. The zero-order chi connectivity index (χ0) is 14.9. The second-order valence-corrected chi connectivity index (χ2v) is 4.39. The summed E-state index contributed by atoms with van der Waals surface area (Å²) in [7, 11) is 1.62. The quantitative estimate of drug-likeness (QED) is 0.756. The highest BCUT2D eigenvalue weighted by Crippen LogP contribution is 2.11. The van der Waals surface area contributed by atoms with Gasteiger partial charge >= 0.3 is 0 Å². The summed E-state index contributed by atoms with van der Waals surface area (Å²) in [5.74, 6) is 0.978. The third-order valence-electron chi connectivity index (χ3n) is 2.81. The number of ether oxygens (including phenoxy) is 2. The summed E-state index contributed by atoms with van der Waals surface area (Å²) in [6.07, 6.45) is 2.23. The fourth-order valence-electron chi connectivity index (χ4n) is 1.73. The van der Waals surface area contributed by atoms with E-state index in [1.807, 2.05) is 0 Å². The monoisotopic (exact) mass is 291 g/mol. The summed E-state index contributed by atoms with van der Waals surface area (Å²) in [5, 5.41) is 3.18. The van der Waals surface area contributed by atoms with Crippen molar-refractivity contribution in [2.75, 3.05) is 32.2 Å². The van der Waals surface area contributed by atoms with E-state index in [4.69, 9.17) is 9.47 Å². The molecule has 0 saturated carbocycles. The number of methoxy groups -OCH3 is 1. The Morgan fingerprint density at radius 1 is 1.14 bits per heavy atom. The van der Waals surface area contributed by atoms with Gasteiger partial charge in [-0.05, 0) is 24.1 Å². The summed E-state index contributed by atoms with van der Waals surface area (Å²) < 4.78 is 23.1. The second-order valence-electron chi connectivity index (χ2n) is 4.39. The first-order valence-electron chi connectivity index (χ1n) is 6.70. The summed E-state index contributed by atoms with van der Waals surface area (Å²) in [6, 6.07) is 8.20. The lowest BCUT2D eigenvalue weighted by atomic mass is 10.1. The van der Waals surface area contributed by atoms with Gasteiger partial charge in [-0.2, -0.15) is 0 Å². The topological polar surface area (TPSA) is 56.3 Å². The molecule has 0 aliphatic rings. The van der Waals surface area contributed by atoms with Gasteiger partial charge < -0.3 is 14.8 Å². The first-order chi connectivity index (χ1) is 10.3. The molecule has 0 aliphatic carbocycles. The molecule has 0 saturated heterocycles. The summed E-state index contributed by atoms with van der Waals surface area (Å²) in [5.41, 5.74) is 1.06. The molecule has 1 aromatic carbocycles. The number of nitrogens with zero attached hydrogens (tertiary/aromatic N) is 2. The van der Waals surface area contributed by atoms with Crippen LogP contribution in [0.4, 0.5) is 10.2 Å². The highest BCUT2D eigenvalue weighted by Gasteiger charge is 2.00. The number of hydrogen-bond donors (Lipinski definition) is 1. The van der Waals surface area contributed by atoms with E-state index < -0.39 is 0 Å². The third-order valence-corrected chi connectivity index (χ3v) is 2.81. The number of aromatic nitrogens is 2. The molecular weight excluding hydrogens is 273 g/mol. The van der Waals surface area contributed by atoms with E-state index in [2.05, 4.69) is 15.3 Å². The molecule has 0 aliphatic heterocycles. The van der Waals surface area contributed by atoms with Crippen LogP contribution in [-0.4, -0.2) is 36.8 Å². The van der Waals surface area contributed by atoms with Crippen LogP contribution in [0, 0.1) is 5.82 Å². The van der Waals surface area contributed by atoms with Gasteiger partial charge in [-0.3, -0.25) is 0 Å². The van der Waals surface area contributed by atoms with E-state index in [9.17, 15) is 4.39 Å². The van der Waals surface area contributed by atoms with Crippen LogP contribution in [0.15, 0.2) is 36.7 Å². The molecule has 6 heteroatoms. The molecule has 1 heterocycles. The van der Waals surface area contributed by atoms with Crippen LogP contribution in [-0.2, 0) is 11.2 Å². The molecule has 5 nitrogen and oxygen atoms in total. The van der Waals surface area contributed by atoms with Crippen molar-refractivity contribution >= 4 is 5.82 Å². The van der Waals surface area contributed by atoms with Crippen LogP contribution < -0.4 is 10.1 Å². The molecule has 0 fully saturated rings. The van der Waals surface area contributed by atoms with E-state index in [-0.39, 0.29) is 5.82 Å². The zero-order valence-corrected chi connectivity index (χ0v) is 11.9. The average Bonchev–Trinajstić information content (AvgIpc) is 2.50. The Hall–Kier alpha value is -2.21. The normalized spacial score (nSPS) is 10.4. The molecule has 0 unspecified atom stereocenters. The molecule has 2 aromatic rings. The van der Waals surface area contributed by atoms with Crippen LogP contribution in [0.2, 0.25) is 0 Å². The van der Waals surface area contributed by atoms with Crippen LogP contribution in [0.25, 0.3) is 0 Å². The first-order valence-corrected chi connectivity index (χ1v) is 6.70. The Morgan fingerprint density at radius 2 is 1.95 bits per heavy atom. The SMILES string of the molecule is COCCOc1cc(NCCc2ccc(F)cc2)ncn1. The standard InChI is InChI=1S/C15H18FN3O2/c1-20-8-9-21-15-10-14(18-11-19-15)17-7-6-12-2-4-13(16)5-3-12/h2-5,10-11H,6-9H2,1H3,(H,17,18,19). The van der Waals surface area contributed by atoms with Gasteiger partial charge in [0, 0.05) is 19.7 Å². The third kappa shape index (κ3) is 5.35. The number of nitrogens with one attached hydrogen (secondary N) is 1. The van der Waals surface area contributed by atoms with E-state index >= 15 is 0 Å². The van der Waals surface area contributed by atoms with Crippen LogP contribution in [0.3, 0.4) is 0 Å². The second kappa shape index (κ2) is 8.16. The van der Waals surface area contributed by atoms with Crippen molar-refractivity contribution in [3.63, 3.8) is 0 Å². The van der Waals surface area contributed by atoms with Crippen LogP contribution >= 0.6 is 0 Å². The average molecular weight is 291 g/mol. The molecule has 2 rings (SSSR count). The summed E-state index contributed by atoms with van der Waals surface area (Å²) in [6.45, 7) is 1.65. The first kappa shape index (κ1) is 15.2. The lowest BCUT2D eigenvalue weighted by Gasteiger charge is -2.08. The van der Waals surface area contributed by atoms with Crippen molar-refractivity contribution in [1.82, 2.24) is 9.97 Å². The highest BCUT2D eigenvalue weighted by atomic mass is 19.1. The van der Waals surface area contributed by atoms with Crippen molar-refractivity contribution in [2.24, 2.45) is 0 Å². The van der Waals surface area contributed by atoms with Crippen molar-refractivity contribution in [3.05, 3.63) is 48.0 Å². The molecule has 0 spiro atoms. The molecule has 1 N–H and O–H groups in total. The van der Waals surface area contributed by atoms with Gasteiger partial charge in [0.2, 0.25) is 5.88 Å². The van der Waals surface area contributed by atoms with Gasteiger partial charge in [0.05, 0.1) is 6.61 Å². The summed E-state index contributed by atoms with van der Waals surface area (Å²) in [4.78, 5) is 8.14. The molecule has 0 bridgehead atoms. The minimum atomic E-state index is -0.222. The number of halogens is 1. The Bertz CT molecular complexity index is 549. The maximum absolute atomic E-state index is 12.8. The van der Waals surface area contributed by atoms with Crippen LogP contribution in [0.5, 0.6) is 5.88 Å². The van der Waals surface area contributed by atoms with Gasteiger partial charge in [0.15, 0.2) is 0 Å². The van der Waals surface area contributed by atoms with Gasteiger partial charge in [0.1, 0.15) is 24.6 Å². The Labute approximate surface area is 123 Å². The number of hydrogen-bond acceptors (Lipinski definition) is 5. The fourth-order valence-corrected chi connectivity index (χ4v) is 1.73. The molecule has 1 aromatic heterocycles. The molecule has 0 radical (unpaired) electrons. The molecule has 112 valence electrons. The van der Waals surface area contributed by atoms with Crippen molar-refractivity contribution in [1.29, 1.82) is 0 Å². The lowest BCUT2D eigenvalue weighted by molar-refractivity contribution is 0.143. The molecule has 0 atom stereocenters. The van der Waals surface area contributed by atoms with E-state index in [0.717, 1.165) is 12.0 Å². The van der Waals surface area contributed by atoms with Gasteiger partial charge in [-0.25, -0.2) is 14.4 Å². The van der Waals surface area contributed by atoms with Gasteiger partial charge in [0.25, 0.3) is 0 Å². The predicted molar refractivity (Wildman–Crippen MR) is 78.0 cm³/mol. The smallest absolute Gasteiger partial charge is 0.218 e. The van der Waals surface area contributed by atoms with Crippen molar-refractivity contribution in [2.45, 2.75) is 6.42 Å². The van der Waals surface area contributed by atoms with Crippen LogP contribution in [0.1, 0.15) is 5.56 Å². The zero-order valence-electron chi connectivity index (χ0n) is 11.9. The number of benzene rings is 1. The lowest BCUT2D eigenvalue weighted by Crippen LogP contribution is -2.08. The van der Waals surface area contributed by atoms with E-state index in [1.54, 1.807) is 25.3 Å². The summed E-state index contributed by atoms with van der Waals surface area (Å²) >= 11 is 0. The van der Waals surface area contributed by atoms with Crippen molar-refractivity contribution < 1.29 is 13.9 Å². The van der Waals surface area contributed by atoms with E-state index in [1.165, 1.54) is 18.5 Å². The number of anilines is 1. The molecule has 21 heavy (non-hydrogen) atoms. The highest BCUT2D eigenvalue weighted by molar-refractivity contribution is 5.37. The Balaban J connectivity index is 1.79. The minimum absolute atomic E-state index is 0.222. The number of rotatable bonds is 8. The van der Waals surface area contributed by atoms with Gasteiger partial charge in [-0.1, -0.05) is 12.1 Å². The minimum Gasteiger partial charge on any atom is -0.475 e. The Morgan fingerprint density at radius 3 is 2.71 bits per heavy atom. The molecule has 0 amide bonds. The fraction of sp³-hybridized carbons (Fsp3) is 0.333.